The summed E-state index contributed by atoms with van der Waals surface area (Å²) < 4.78 is 3.71. The molecule has 0 aromatic carbocycles. The molecule has 5 heteroatoms. The van der Waals surface area contributed by atoms with Gasteiger partial charge in [0, 0.05) is 17.8 Å². The van der Waals surface area contributed by atoms with Gasteiger partial charge in [0.2, 0.25) is 0 Å². The van der Waals surface area contributed by atoms with Crippen LogP contribution in [0.5, 0.6) is 0 Å². The van der Waals surface area contributed by atoms with E-state index < -0.39 is 0 Å². The summed E-state index contributed by atoms with van der Waals surface area (Å²) in [6.45, 7) is 0. The molecule has 0 fully saturated rings. The highest BCUT2D eigenvalue weighted by molar-refractivity contribution is 7.03. The summed E-state index contributed by atoms with van der Waals surface area (Å²) in [6, 6.07) is 1.77. The first-order chi connectivity index (χ1) is 5.47. The number of hydrogen-bond acceptors (Lipinski definition) is 5. The molecule has 2 aromatic rings. The molecular formula is C6H4N4S. The highest BCUT2D eigenvalue weighted by Gasteiger charge is 2.00. The minimum Gasteiger partial charge on any atom is -0.235 e. The van der Waals surface area contributed by atoms with Crippen molar-refractivity contribution >= 4 is 11.5 Å². The van der Waals surface area contributed by atoms with E-state index in [9.17, 15) is 0 Å². The van der Waals surface area contributed by atoms with E-state index in [2.05, 4.69) is 19.6 Å². The molecule has 0 saturated carbocycles. The van der Waals surface area contributed by atoms with E-state index in [4.69, 9.17) is 0 Å². The van der Waals surface area contributed by atoms with Crippen molar-refractivity contribution in [3.05, 3.63) is 23.8 Å². The fourth-order valence-electron chi connectivity index (χ4n) is 0.693. The van der Waals surface area contributed by atoms with Crippen LogP contribution < -0.4 is 0 Å². The third-order valence-corrected chi connectivity index (χ3v) is 1.66. The largest absolute Gasteiger partial charge is 0.235 e. The molecule has 0 bridgehead atoms. The first kappa shape index (κ1) is 6.36. The van der Waals surface area contributed by atoms with Crippen molar-refractivity contribution in [3.8, 4) is 11.5 Å². The third-order valence-electron chi connectivity index (χ3n) is 1.15. The molecule has 0 aliphatic heterocycles. The second kappa shape index (κ2) is 2.71. The van der Waals surface area contributed by atoms with E-state index in [-0.39, 0.29) is 0 Å². The molecule has 0 spiro atoms. The molecule has 11 heavy (non-hydrogen) atoms. The van der Waals surface area contributed by atoms with Gasteiger partial charge in [-0.1, -0.05) is 4.49 Å². The van der Waals surface area contributed by atoms with Gasteiger partial charge in [-0.05, 0) is 17.6 Å². The first-order valence-electron chi connectivity index (χ1n) is 3.01. The highest BCUT2D eigenvalue weighted by Crippen LogP contribution is 2.09. The quantitative estimate of drug-likeness (QED) is 0.630. The number of aromatic nitrogens is 4. The Kier molecular flexibility index (Phi) is 1.57. The number of rotatable bonds is 1. The van der Waals surface area contributed by atoms with Crippen LogP contribution in [0, 0.1) is 0 Å². The van der Waals surface area contributed by atoms with E-state index in [0.717, 1.165) is 5.69 Å². The van der Waals surface area contributed by atoms with Crippen LogP contribution in [0.3, 0.4) is 0 Å². The maximum Gasteiger partial charge on any atom is 0.180 e. The van der Waals surface area contributed by atoms with Gasteiger partial charge in [-0.25, -0.2) is 9.97 Å². The van der Waals surface area contributed by atoms with Gasteiger partial charge < -0.3 is 0 Å². The molecule has 0 amide bonds. The third kappa shape index (κ3) is 1.22. The van der Waals surface area contributed by atoms with Crippen molar-refractivity contribution in [3.63, 3.8) is 0 Å². The topological polar surface area (TPSA) is 51.6 Å². The Morgan fingerprint density at radius 3 is 2.64 bits per heavy atom. The predicted octanol–water partition coefficient (Wildman–Crippen LogP) is 0.995. The second-order valence-corrected chi connectivity index (χ2v) is 2.47. The van der Waals surface area contributed by atoms with Crippen molar-refractivity contribution in [2.75, 3.05) is 0 Å². The van der Waals surface area contributed by atoms with E-state index in [1.54, 1.807) is 18.5 Å². The summed E-state index contributed by atoms with van der Waals surface area (Å²) >= 11 is 1.29. The average molecular weight is 164 g/mol. The Balaban J connectivity index is 2.46. The van der Waals surface area contributed by atoms with Gasteiger partial charge in [0.25, 0.3) is 0 Å². The lowest BCUT2D eigenvalue weighted by atomic mass is 10.4. The lowest BCUT2D eigenvalue weighted by Crippen LogP contribution is -1.85. The van der Waals surface area contributed by atoms with Gasteiger partial charge in [0.05, 0.1) is 0 Å². The SMILES string of the molecule is c1cnc(-c2csnn2)nc1. The fourth-order valence-corrected chi connectivity index (χ4v) is 1.13. The second-order valence-electron chi connectivity index (χ2n) is 1.86. The maximum atomic E-state index is 4.01. The standard InChI is InChI=1S/C6H4N4S/c1-2-7-6(8-3-1)5-4-11-10-9-5/h1-4H. The molecule has 2 heterocycles. The van der Waals surface area contributed by atoms with E-state index >= 15 is 0 Å². The van der Waals surface area contributed by atoms with Crippen molar-refractivity contribution < 1.29 is 0 Å². The van der Waals surface area contributed by atoms with Crippen LogP contribution in [-0.2, 0) is 0 Å². The summed E-state index contributed by atoms with van der Waals surface area (Å²) in [5.41, 5.74) is 0.732. The van der Waals surface area contributed by atoms with Crippen molar-refractivity contribution in [2.45, 2.75) is 0 Å². The highest BCUT2D eigenvalue weighted by atomic mass is 32.1. The molecule has 0 atom stereocenters. The zero-order valence-corrected chi connectivity index (χ0v) is 6.32. The Bertz CT molecular complexity index is 318. The first-order valence-corrected chi connectivity index (χ1v) is 3.85. The van der Waals surface area contributed by atoms with Gasteiger partial charge in [0.1, 0.15) is 5.69 Å². The van der Waals surface area contributed by atoms with Crippen molar-refractivity contribution in [1.82, 2.24) is 19.6 Å². The molecule has 0 N–H and O–H groups in total. The predicted molar refractivity (Wildman–Crippen MR) is 40.9 cm³/mol. The van der Waals surface area contributed by atoms with Crippen LogP contribution in [0.2, 0.25) is 0 Å². The smallest absolute Gasteiger partial charge is 0.180 e. The average Bonchev–Trinajstić information content (AvgIpc) is 2.58. The Morgan fingerprint density at radius 1 is 1.18 bits per heavy atom. The van der Waals surface area contributed by atoms with Gasteiger partial charge in [-0.3, -0.25) is 0 Å². The molecule has 0 radical (unpaired) electrons. The van der Waals surface area contributed by atoms with Crippen molar-refractivity contribution in [2.24, 2.45) is 0 Å². The summed E-state index contributed by atoms with van der Waals surface area (Å²) in [7, 11) is 0. The summed E-state index contributed by atoms with van der Waals surface area (Å²) in [5.74, 6) is 0.626. The van der Waals surface area contributed by atoms with Crippen LogP contribution >= 0.6 is 11.5 Å². The molecule has 54 valence electrons. The summed E-state index contributed by atoms with van der Waals surface area (Å²) in [4.78, 5) is 8.03. The Morgan fingerprint density at radius 2 is 2.00 bits per heavy atom. The molecule has 2 rings (SSSR count). The van der Waals surface area contributed by atoms with E-state index in [1.165, 1.54) is 11.5 Å². The summed E-state index contributed by atoms with van der Waals surface area (Å²) in [6.07, 6.45) is 3.36. The van der Waals surface area contributed by atoms with Gasteiger partial charge in [-0.15, -0.1) is 5.10 Å². The zero-order chi connectivity index (χ0) is 7.52. The zero-order valence-electron chi connectivity index (χ0n) is 5.51. The van der Waals surface area contributed by atoms with Crippen LogP contribution in [-0.4, -0.2) is 19.6 Å². The number of hydrogen-bond donors (Lipinski definition) is 0. The van der Waals surface area contributed by atoms with Gasteiger partial charge in [-0.2, -0.15) is 0 Å². The van der Waals surface area contributed by atoms with E-state index in [0.29, 0.717) is 5.82 Å². The molecule has 2 aromatic heterocycles. The lowest BCUT2D eigenvalue weighted by Gasteiger charge is -1.88. The molecule has 4 nitrogen and oxygen atoms in total. The van der Waals surface area contributed by atoms with Gasteiger partial charge in [0.15, 0.2) is 5.82 Å². The molecule has 0 aliphatic carbocycles. The van der Waals surface area contributed by atoms with E-state index in [1.807, 2.05) is 5.38 Å². The monoisotopic (exact) mass is 164 g/mol. The fraction of sp³-hybridized carbons (Fsp3) is 0. The van der Waals surface area contributed by atoms with Crippen LogP contribution in [0.4, 0.5) is 0 Å². The molecular weight excluding hydrogens is 160 g/mol. The molecule has 0 saturated heterocycles. The van der Waals surface area contributed by atoms with Crippen LogP contribution in [0.25, 0.3) is 11.5 Å². The Labute approximate surface area is 67.1 Å². The maximum absolute atomic E-state index is 4.01. The number of nitrogens with zero attached hydrogens (tertiary/aromatic N) is 4. The minimum atomic E-state index is 0.626. The molecule has 0 unspecified atom stereocenters. The normalized spacial score (nSPS) is 9.82. The Hall–Kier alpha value is -1.36. The molecule has 0 aliphatic rings. The van der Waals surface area contributed by atoms with Crippen LogP contribution in [0.15, 0.2) is 23.8 Å². The van der Waals surface area contributed by atoms with Crippen LogP contribution in [0.1, 0.15) is 0 Å². The van der Waals surface area contributed by atoms with Crippen molar-refractivity contribution in [1.29, 1.82) is 0 Å². The minimum absolute atomic E-state index is 0.626. The lowest BCUT2D eigenvalue weighted by molar-refractivity contribution is 1.10. The summed E-state index contributed by atoms with van der Waals surface area (Å²) in [5, 5.41) is 5.64. The van der Waals surface area contributed by atoms with Gasteiger partial charge >= 0.3 is 0 Å².